The van der Waals surface area contributed by atoms with Crippen molar-refractivity contribution in [3.63, 3.8) is 0 Å². The number of benzene rings is 3. The number of nitrogens with zero attached hydrogens (tertiary/aromatic N) is 1. The van der Waals surface area contributed by atoms with Crippen LogP contribution >= 0.6 is 0 Å². The minimum Gasteiger partial charge on any atom is -0.492 e. The Balaban J connectivity index is 1.16. The maximum atomic E-state index is 12.7. The first kappa shape index (κ1) is 22.4. The number of carbonyl (C=O) groups is 1. The van der Waals surface area contributed by atoms with E-state index in [2.05, 4.69) is 5.32 Å². The minimum absolute atomic E-state index is 0.243. The van der Waals surface area contributed by atoms with Crippen LogP contribution in [0.3, 0.4) is 0 Å². The number of ether oxygens (including phenoxy) is 1. The van der Waals surface area contributed by atoms with Gasteiger partial charge in [-0.3, -0.25) is 4.79 Å². The van der Waals surface area contributed by atoms with Crippen LogP contribution in [0.5, 0.6) is 5.75 Å². The molecule has 1 fully saturated rings. The van der Waals surface area contributed by atoms with E-state index in [1.54, 1.807) is 34.6 Å². The molecule has 2 heterocycles. The van der Waals surface area contributed by atoms with Crippen LogP contribution in [-0.2, 0) is 10.0 Å². The Labute approximate surface area is 198 Å². The van der Waals surface area contributed by atoms with Gasteiger partial charge in [-0.15, -0.1) is 0 Å². The Morgan fingerprint density at radius 2 is 1.71 bits per heavy atom. The molecule has 176 valence electrons. The van der Waals surface area contributed by atoms with E-state index in [0.29, 0.717) is 24.4 Å². The van der Waals surface area contributed by atoms with Gasteiger partial charge in [0.05, 0.1) is 11.4 Å². The molecule has 34 heavy (non-hydrogen) atoms. The molecule has 5 rings (SSSR count). The molecule has 1 aliphatic rings. The number of amides is 1. The van der Waals surface area contributed by atoms with Gasteiger partial charge in [-0.2, -0.15) is 4.31 Å². The largest absolute Gasteiger partial charge is 0.492 e. The van der Waals surface area contributed by atoms with Crippen LogP contribution in [0.25, 0.3) is 21.7 Å². The molecule has 0 saturated carbocycles. The summed E-state index contributed by atoms with van der Waals surface area (Å²) in [6.07, 6.45) is 2.87. The number of hydrogen-bond donors (Lipinski definition) is 1. The lowest BCUT2D eigenvalue weighted by Crippen LogP contribution is -2.35. The molecular weight excluding hydrogens is 452 g/mol. The van der Waals surface area contributed by atoms with Gasteiger partial charge in [-0.05, 0) is 60.0 Å². The quantitative estimate of drug-likeness (QED) is 0.393. The minimum atomic E-state index is -3.46. The summed E-state index contributed by atoms with van der Waals surface area (Å²) in [7, 11) is -3.46. The van der Waals surface area contributed by atoms with Crippen molar-refractivity contribution in [2.45, 2.75) is 24.2 Å². The molecule has 4 aromatic rings. The normalized spacial score (nSPS) is 14.9. The number of hydrogen-bond acceptors (Lipinski definition) is 5. The van der Waals surface area contributed by atoms with Crippen LogP contribution in [0.15, 0.2) is 76.0 Å². The van der Waals surface area contributed by atoms with Gasteiger partial charge >= 0.3 is 0 Å². The average Bonchev–Trinajstić information content (AvgIpc) is 3.33. The Kier molecular flexibility index (Phi) is 6.26. The molecule has 0 bridgehead atoms. The zero-order valence-corrected chi connectivity index (χ0v) is 19.5. The topological polar surface area (TPSA) is 88.8 Å². The Hall–Kier alpha value is -3.36. The Morgan fingerprint density at radius 1 is 0.941 bits per heavy atom. The third-order valence-electron chi connectivity index (χ3n) is 6.08. The summed E-state index contributed by atoms with van der Waals surface area (Å²) in [5.41, 5.74) is 0.666. The fourth-order valence-electron chi connectivity index (χ4n) is 4.29. The van der Waals surface area contributed by atoms with Crippen molar-refractivity contribution >= 4 is 37.7 Å². The number of carbonyl (C=O) groups excluding carboxylic acids is 1. The molecule has 1 aromatic heterocycles. The number of sulfonamides is 1. The highest BCUT2D eigenvalue weighted by molar-refractivity contribution is 7.89. The Bertz CT molecular complexity index is 1420. The summed E-state index contributed by atoms with van der Waals surface area (Å²) in [5.74, 6) is 0.479. The van der Waals surface area contributed by atoms with Crippen LogP contribution < -0.4 is 10.1 Å². The predicted octanol–water partition coefficient (Wildman–Crippen LogP) is 4.57. The van der Waals surface area contributed by atoms with Gasteiger partial charge in [0.1, 0.15) is 17.9 Å². The lowest BCUT2D eigenvalue weighted by molar-refractivity contribution is 0.0921. The van der Waals surface area contributed by atoms with Crippen molar-refractivity contribution in [3.8, 4) is 5.75 Å². The van der Waals surface area contributed by atoms with Crippen molar-refractivity contribution in [3.05, 3.63) is 72.5 Å². The third-order valence-corrected chi connectivity index (χ3v) is 8.00. The van der Waals surface area contributed by atoms with Crippen LogP contribution in [0.2, 0.25) is 0 Å². The average molecular weight is 479 g/mol. The highest BCUT2D eigenvalue weighted by Crippen LogP contribution is 2.28. The van der Waals surface area contributed by atoms with Crippen LogP contribution in [-0.4, -0.2) is 44.9 Å². The highest BCUT2D eigenvalue weighted by atomic mass is 32.2. The molecule has 1 N–H and O–H groups in total. The second-order valence-electron chi connectivity index (χ2n) is 8.35. The van der Waals surface area contributed by atoms with E-state index >= 15 is 0 Å². The van der Waals surface area contributed by atoms with Crippen molar-refractivity contribution in [2.24, 2.45) is 0 Å². The standard InChI is InChI=1S/C26H26N2O5S/c29-26(25-18-23-22-7-3-2-6-19(22)8-13-24(23)33-25)27-14-17-32-20-9-11-21(12-10-20)34(30,31)28-15-4-1-5-16-28/h2-3,6-13,18H,1,4-5,14-17H2,(H,27,29). The predicted molar refractivity (Wildman–Crippen MR) is 131 cm³/mol. The molecule has 7 nitrogen and oxygen atoms in total. The van der Waals surface area contributed by atoms with Crippen LogP contribution in [0.4, 0.5) is 0 Å². The maximum absolute atomic E-state index is 12.7. The zero-order valence-electron chi connectivity index (χ0n) is 18.7. The number of furan rings is 1. The van der Waals surface area contributed by atoms with Crippen LogP contribution in [0.1, 0.15) is 29.8 Å². The van der Waals surface area contributed by atoms with Gasteiger partial charge in [-0.25, -0.2) is 8.42 Å². The SMILES string of the molecule is O=C(NCCOc1ccc(S(=O)(=O)N2CCCCC2)cc1)c1cc2c(ccc3ccccc32)o1. The van der Waals surface area contributed by atoms with Crippen molar-refractivity contribution in [1.29, 1.82) is 0 Å². The summed E-state index contributed by atoms with van der Waals surface area (Å²) < 4.78 is 38.4. The van der Waals surface area contributed by atoms with Gasteiger partial charge in [0.15, 0.2) is 5.76 Å². The summed E-state index contributed by atoms with van der Waals surface area (Å²) in [4.78, 5) is 12.8. The fourth-order valence-corrected chi connectivity index (χ4v) is 5.80. The van der Waals surface area contributed by atoms with Gasteiger partial charge in [0.2, 0.25) is 10.0 Å². The molecule has 0 atom stereocenters. The number of nitrogens with one attached hydrogen (secondary N) is 1. The smallest absolute Gasteiger partial charge is 0.287 e. The first-order chi connectivity index (χ1) is 16.5. The first-order valence-corrected chi connectivity index (χ1v) is 12.9. The third kappa shape index (κ3) is 4.51. The number of piperidine rings is 1. The maximum Gasteiger partial charge on any atom is 0.287 e. The second kappa shape index (κ2) is 9.48. The molecule has 0 spiro atoms. The molecular formula is C26H26N2O5S. The molecule has 3 aromatic carbocycles. The fraction of sp³-hybridized carbons (Fsp3) is 0.269. The zero-order chi connectivity index (χ0) is 23.5. The molecule has 1 aliphatic heterocycles. The molecule has 1 saturated heterocycles. The number of rotatable bonds is 7. The van der Waals surface area contributed by atoms with E-state index in [4.69, 9.17) is 9.15 Å². The first-order valence-electron chi connectivity index (χ1n) is 11.4. The van der Waals surface area contributed by atoms with Crippen molar-refractivity contribution in [2.75, 3.05) is 26.2 Å². The lowest BCUT2D eigenvalue weighted by Gasteiger charge is -2.25. The van der Waals surface area contributed by atoms with Gasteiger partial charge < -0.3 is 14.5 Å². The molecule has 1 amide bonds. The molecule has 0 aliphatic carbocycles. The molecule has 0 unspecified atom stereocenters. The van der Waals surface area contributed by atoms with Crippen molar-refractivity contribution < 1.29 is 22.4 Å². The van der Waals surface area contributed by atoms with Gasteiger partial charge in [0.25, 0.3) is 5.91 Å². The molecule has 8 heteroatoms. The van der Waals surface area contributed by atoms with Gasteiger partial charge in [-0.1, -0.05) is 36.8 Å². The summed E-state index contributed by atoms with van der Waals surface area (Å²) in [6, 6.07) is 20.0. The highest BCUT2D eigenvalue weighted by Gasteiger charge is 2.25. The number of fused-ring (bicyclic) bond motifs is 3. The lowest BCUT2D eigenvalue weighted by atomic mass is 10.1. The summed E-state index contributed by atoms with van der Waals surface area (Å²) in [5, 5.41) is 5.83. The van der Waals surface area contributed by atoms with E-state index in [-0.39, 0.29) is 29.7 Å². The van der Waals surface area contributed by atoms with E-state index in [0.717, 1.165) is 35.4 Å². The monoisotopic (exact) mass is 478 g/mol. The summed E-state index contributed by atoms with van der Waals surface area (Å²) >= 11 is 0. The van der Waals surface area contributed by atoms with E-state index in [1.165, 1.54) is 0 Å². The van der Waals surface area contributed by atoms with E-state index in [9.17, 15) is 13.2 Å². The van der Waals surface area contributed by atoms with Gasteiger partial charge in [0, 0.05) is 18.5 Å². The summed E-state index contributed by atoms with van der Waals surface area (Å²) in [6.45, 7) is 1.67. The van der Waals surface area contributed by atoms with Crippen LogP contribution in [0, 0.1) is 0 Å². The van der Waals surface area contributed by atoms with E-state index < -0.39 is 10.0 Å². The van der Waals surface area contributed by atoms with Crippen molar-refractivity contribution in [1.82, 2.24) is 9.62 Å². The Morgan fingerprint density at radius 3 is 2.50 bits per heavy atom. The molecule has 0 radical (unpaired) electrons. The van der Waals surface area contributed by atoms with E-state index in [1.807, 2.05) is 36.4 Å². The second-order valence-corrected chi connectivity index (χ2v) is 10.3.